The molecule has 4 heteroatoms. The van der Waals surface area contributed by atoms with Gasteiger partial charge in [0.25, 0.3) is 0 Å². The van der Waals surface area contributed by atoms with Crippen LogP contribution in [0.4, 0.5) is 5.69 Å². The van der Waals surface area contributed by atoms with Gasteiger partial charge in [-0.25, -0.2) is 0 Å². The summed E-state index contributed by atoms with van der Waals surface area (Å²) in [6, 6.07) is 6.83. The fourth-order valence-electron chi connectivity index (χ4n) is 5.57. The van der Waals surface area contributed by atoms with E-state index < -0.39 is 0 Å². The second-order valence-corrected chi connectivity index (χ2v) is 10.3. The predicted molar refractivity (Wildman–Crippen MR) is 146 cm³/mol. The minimum atomic E-state index is -0.389. The van der Waals surface area contributed by atoms with Crippen molar-refractivity contribution < 1.29 is 4.79 Å². The van der Waals surface area contributed by atoms with Crippen LogP contribution in [0.1, 0.15) is 97.6 Å². The molecule has 2 N–H and O–H groups in total. The van der Waals surface area contributed by atoms with Gasteiger partial charge in [0.1, 0.15) is 0 Å². The third kappa shape index (κ3) is 4.78. The number of benzene rings is 1. The number of nitrogens with two attached hydrogens (primary N) is 1. The van der Waals surface area contributed by atoms with E-state index in [4.69, 9.17) is 5.73 Å². The zero-order chi connectivity index (χ0) is 25.0. The zero-order valence-electron chi connectivity index (χ0n) is 22.1. The number of hydrogen-bond donors (Lipinski definition) is 1. The van der Waals surface area contributed by atoms with Crippen molar-refractivity contribution >= 4 is 23.4 Å². The number of aliphatic imine (C=N–C) groups is 1. The number of fused-ring (bicyclic) bond motifs is 1. The quantitative estimate of drug-likeness (QED) is 0.293. The van der Waals surface area contributed by atoms with Gasteiger partial charge in [0.2, 0.25) is 5.91 Å². The first-order valence-corrected chi connectivity index (χ1v) is 13.0. The molecule has 0 aromatic heterocycles. The van der Waals surface area contributed by atoms with Crippen LogP contribution in [0.3, 0.4) is 0 Å². The summed E-state index contributed by atoms with van der Waals surface area (Å²) in [7, 11) is 0. The maximum atomic E-state index is 14.0. The second-order valence-electron chi connectivity index (χ2n) is 10.3. The van der Waals surface area contributed by atoms with Gasteiger partial charge < -0.3 is 10.6 Å². The first-order valence-electron chi connectivity index (χ1n) is 13.0. The van der Waals surface area contributed by atoms with Crippen LogP contribution in [0, 0.1) is 5.92 Å². The molecule has 1 fully saturated rings. The molecule has 0 radical (unpaired) electrons. The summed E-state index contributed by atoms with van der Waals surface area (Å²) in [6.07, 6.45) is 10.7. The summed E-state index contributed by atoms with van der Waals surface area (Å²) in [5.74, 6) is 0.995. The highest BCUT2D eigenvalue weighted by Gasteiger charge is 2.52. The summed E-state index contributed by atoms with van der Waals surface area (Å²) in [4.78, 5) is 20.8. The largest absolute Gasteiger partial charge is 0.402 e. The standard InChI is InChI=1S/C30H43N3O/c1-8-13-30(14-9-2)26-12-11-24(19-28(26)33(29(30)34)25-16-20(4)17-25)21(5)18-27(32-15-10-3)22(6)23(7)31/h11-12,15,18-20,25H,5,8-10,13-14,16-17,31H2,1-4,6-7H3/b23-22+,27-18+,32-15?. The number of hydrogen-bond acceptors (Lipinski definition) is 3. The number of carbonyl (C=O) groups is 1. The molecule has 4 nitrogen and oxygen atoms in total. The highest BCUT2D eigenvalue weighted by atomic mass is 16.2. The summed E-state index contributed by atoms with van der Waals surface area (Å²) in [6.45, 7) is 17.0. The third-order valence-corrected chi connectivity index (χ3v) is 7.54. The molecule has 34 heavy (non-hydrogen) atoms. The first kappa shape index (κ1) is 26.0. The lowest BCUT2D eigenvalue weighted by Crippen LogP contribution is -2.50. The Morgan fingerprint density at radius 2 is 1.85 bits per heavy atom. The number of rotatable bonds is 10. The van der Waals surface area contributed by atoms with Gasteiger partial charge in [0.15, 0.2) is 0 Å². The van der Waals surface area contributed by atoms with Crippen LogP contribution in [0.2, 0.25) is 0 Å². The maximum absolute atomic E-state index is 14.0. The van der Waals surface area contributed by atoms with Gasteiger partial charge >= 0.3 is 0 Å². The molecule has 0 bridgehead atoms. The molecule has 0 unspecified atom stereocenters. The fourth-order valence-corrected chi connectivity index (χ4v) is 5.57. The van der Waals surface area contributed by atoms with Crippen LogP contribution < -0.4 is 10.6 Å². The van der Waals surface area contributed by atoms with Crippen LogP contribution in [0.5, 0.6) is 0 Å². The Bertz CT molecular complexity index is 1010. The van der Waals surface area contributed by atoms with Crippen molar-refractivity contribution in [3.63, 3.8) is 0 Å². The molecule has 0 spiro atoms. The van der Waals surface area contributed by atoms with E-state index in [1.165, 1.54) is 5.56 Å². The molecule has 1 aromatic rings. The van der Waals surface area contributed by atoms with Crippen LogP contribution in [-0.4, -0.2) is 18.2 Å². The normalized spacial score (nSPS) is 22.6. The van der Waals surface area contributed by atoms with Gasteiger partial charge in [-0.1, -0.05) is 59.2 Å². The highest BCUT2D eigenvalue weighted by molar-refractivity contribution is 6.09. The number of amides is 1. The van der Waals surface area contributed by atoms with Gasteiger partial charge in [-0.15, -0.1) is 0 Å². The molecule has 1 amide bonds. The Kier molecular flexibility index (Phi) is 8.22. The summed E-state index contributed by atoms with van der Waals surface area (Å²) < 4.78 is 0. The van der Waals surface area contributed by atoms with Crippen molar-refractivity contribution in [2.75, 3.05) is 4.90 Å². The van der Waals surface area contributed by atoms with Crippen molar-refractivity contribution in [3.8, 4) is 0 Å². The number of carbonyl (C=O) groups excluding carboxylic acids is 1. The Morgan fingerprint density at radius 1 is 1.21 bits per heavy atom. The SMILES string of the molecule is C=C(/C=C(N=CCC)\C(C)=C(/C)N)c1ccc2c(c1)N(C1CC(C)C1)C(=O)C2(CCC)CCC. The topological polar surface area (TPSA) is 58.7 Å². The van der Waals surface area contributed by atoms with E-state index in [0.29, 0.717) is 17.9 Å². The first-order chi connectivity index (χ1) is 16.2. The van der Waals surface area contributed by atoms with Crippen LogP contribution in [-0.2, 0) is 10.2 Å². The Balaban J connectivity index is 2.09. The van der Waals surface area contributed by atoms with Crippen LogP contribution in [0.25, 0.3) is 5.57 Å². The van der Waals surface area contributed by atoms with E-state index in [1.807, 2.05) is 26.1 Å². The van der Waals surface area contributed by atoms with Crippen molar-refractivity contribution in [2.24, 2.45) is 16.6 Å². The minimum Gasteiger partial charge on any atom is -0.402 e. The van der Waals surface area contributed by atoms with Crippen LogP contribution in [0.15, 0.2) is 52.8 Å². The highest BCUT2D eigenvalue weighted by Crippen LogP contribution is 2.51. The van der Waals surface area contributed by atoms with Gasteiger partial charge in [-0.05, 0) is 86.3 Å². The monoisotopic (exact) mass is 461 g/mol. The Labute approximate surface area is 206 Å². The molecular weight excluding hydrogens is 418 g/mol. The molecule has 3 rings (SSSR count). The predicted octanol–water partition coefficient (Wildman–Crippen LogP) is 7.30. The van der Waals surface area contributed by atoms with Crippen molar-refractivity contribution in [2.45, 2.75) is 97.9 Å². The molecule has 0 atom stereocenters. The molecular formula is C30H43N3O. The van der Waals surface area contributed by atoms with Gasteiger partial charge in [0.05, 0.1) is 11.1 Å². The fraction of sp³-hybridized carbons (Fsp3) is 0.533. The zero-order valence-corrected chi connectivity index (χ0v) is 22.1. The molecule has 1 aliphatic heterocycles. The van der Waals surface area contributed by atoms with Gasteiger partial charge in [-0.2, -0.15) is 0 Å². The van der Waals surface area contributed by atoms with Gasteiger partial charge in [0, 0.05) is 23.6 Å². The van der Waals surface area contributed by atoms with Crippen molar-refractivity contribution in [3.05, 3.63) is 58.9 Å². The second kappa shape index (κ2) is 10.8. The van der Waals surface area contributed by atoms with Gasteiger partial charge in [-0.3, -0.25) is 9.79 Å². The number of allylic oxidation sites excluding steroid dienone is 4. The average molecular weight is 462 g/mol. The minimum absolute atomic E-state index is 0.311. The third-order valence-electron chi connectivity index (χ3n) is 7.54. The maximum Gasteiger partial charge on any atom is 0.237 e. The van der Waals surface area contributed by atoms with Crippen LogP contribution >= 0.6 is 0 Å². The van der Waals surface area contributed by atoms with E-state index in [0.717, 1.165) is 78.7 Å². The Morgan fingerprint density at radius 3 is 2.38 bits per heavy atom. The van der Waals surface area contributed by atoms with E-state index in [1.54, 1.807) is 0 Å². The van der Waals surface area contributed by atoms with E-state index in [2.05, 4.69) is 62.4 Å². The lowest BCUT2D eigenvalue weighted by atomic mass is 9.74. The average Bonchev–Trinajstić information content (AvgIpc) is 3.01. The summed E-state index contributed by atoms with van der Waals surface area (Å²) in [5.41, 5.74) is 12.4. The summed E-state index contributed by atoms with van der Waals surface area (Å²) in [5, 5.41) is 0. The van der Waals surface area contributed by atoms with E-state index >= 15 is 0 Å². The molecule has 1 aromatic carbocycles. The van der Waals surface area contributed by atoms with E-state index in [-0.39, 0.29) is 5.41 Å². The number of nitrogens with zero attached hydrogens (tertiary/aromatic N) is 2. The molecule has 0 saturated heterocycles. The summed E-state index contributed by atoms with van der Waals surface area (Å²) >= 11 is 0. The Hall–Kier alpha value is -2.62. The lowest BCUT2D eigenvalue weighted by molar-refractivity contribution is -0.124. The van der Waals surface area contributed by atoms with Crippen molar-refractivity contribution in [1.82, 2.24) is 0 Å². The smallest absolute Gasteiger partial charge is 0.237 e. The lowest BCUT2D eigenvalue weighted by Gasteiger charge is -2.41. The molecule has 1 saturated carbocycles. The number of anilines is 1. The molecule has 184 valence electrons. The van der Waals surface area contributed by atoms with E-state index in [9.17, 15) is 4.79 Å². The molecule has 2 aliphatic rings. The molecule has 1 heterocycles. The van der Waals surface area contributed by atoms with Crippen molar-refractivity contribution in [1.29, 1.82) is 0 Å². The molecule has 1 aliphatic carbocycles.